The normalized spacial score (nSPS) is 16.2. The highest BCUT2D eigenvalue weighted by molar-refractivity contribution is 8.26. The number of rotatable bonds is 7. The van der Waals surface area contributed by atoms with Crippen LogP contribution in [0.2, 0.25) is 0 Å². The summed E-state index contributed by atoms with van der Waals surface area (Å²) in [5.41, 5.74) is 0.881. The zero-order valence-corrected chi connectivity index (χ0v) is 14.5. The Hall–Kier alpha value is -1.73. The topological polar surface area (TPSA) is 59.5 Å². The lowest BCUT2D eigenvalue weighted by Crippen LogP contribution is -2.29. The Morgan fingerprint density at radius 1 is 1.43 bits per heavy atom. The van der Waals surface area contributed by atoms with E-state index in [1.807, 2.05) is 18.2 Å². The largest absolute Gasteiger partial charge is 0.469 e. The van der Waals surface area contributed by atoms with Gasteiger partial charge in [0.1, 0.15) is 4.32 Å². The summed E-state index contributed by atoms with van der Waals surface area (Å²) in [6.45, 7) is 0.580. The molecule has 7 heteroatoms. The van der Waals surface area contributed by atoms with Gasteiger partial charge in [-0.3, -0.25) is 19.5 Å². The van der Waals surface area contributed by atoms with Crippen LogP contribution in [0.5, 0.6) is 0 Å². The molecule has 1 aromatic heterocycles. The molecule has 23 heavy (non-hydrogen) atoms. The number of carbonyl (C=O) groups is 2. The maximum atomic E-state index is 12.4. The molecule has 0 bridgehead atoms. The van der Waals surface area contributed by atoms with Crippen molar-refractivity contribution < 1.29 is 14.3 Å². The van der Waals surface area contributed by atoms with Crippen LogP contribution in [0.4, 0.5) is 0 Å². The van der Waals surface area contributed by atoms with E-state index in [2.05, 4.69) is 9.72 Å². The van der Waals surface area contributed by atoms with Gasteiger partial charge < -0.3 is 4.74 Å². The molecule has 1 aliphatic rings. The van der Waals surface area contributed by atoms with Crippen LogP contribution in [-0.2, 0) is 14.3 Å². The van der Waals surface area contributed by atoms with E-state index in [0.29, 0.717) is 22.2 Å². The van der Waals surface area contributed by atoms with Crippen LogP contribution in [0.15, 0.2) is 29.4 Å². The summed E-state index contributed by atoms with van der Waals surface area (Å²) in [6, 6.07) is 3.72. The summed E-state index contributed by atoms with van der Waals surface area (Å²) in [5, 5.41) is 0. The Bertz CT molecular complexity index is 617. The number of nitrogens with zero attached hydrogens (tertiary/aromatic N) is 2. The zero-order chi connectivity index (χ0) is 16.7. The molecule has 0 saturated carbocycles. The second-order valence-corrected chi connectivity index (χ2v) is 6.68. The van der Waals surface area contributed by atoms with Crippen molar-refractivity contribution in [3.8, 4) is 0 Å². The molecule has 1 amide bonds. The van der Waals surface area contributed by atoms with Gasteiger partial charge in [0.05, 0.1) is 12.0 Å². The Morgan fingerprint density at radius 3 is 2.96 bits per heavy atom. The van der Waals surface area contributed by atoms with Crippen LogP contribution < -0.4 is 0 Å². The second-order valence-electron chi connectivity index (χ2n) is 5.01. The molecule has 2 rings (SSSR count). The van der Waals surface area contributed by atoms with Crippen LogP contribution in [0, 0.1) is 0 Å². The highest BCUT2D eigenvalue weighted by Crippen LogP contribution is 2.32. The highest BCUT2D eigenvalue weighted by Gasteiger charge is 2.31. The third-order valence-electron chi connectivity index (χ3n) is 3.35. The van der Waals surface area contributed by atoms with Crippen molar-refractivity contribution in [1.82, 2.24) is 9.88 Å². The van der Waals surface area contributed by atoms with Crippen LogP contribution in [0.3, 0.4) is 0 Å². The van der Waals surface area contributed by atoms with Crippen molar-refractivity contribution in [2.75, 3.05) is 13.7 Å². The van der Waals surface area contributed by atoms with Gasteiger partial charge in [0, 0.05) is 25.4 Å². The van der Waals surface area contributed by atoms with Crippen LogP contribution in [0.25, 0.3) is 6.08 Å². The lowest BCUT2D eigenvalue weighted by Gasteiger charge is -2.13. The fourth-order valence-corrected chi connectivity index (χ4v) is 3.43. The number of unbranched alkanes of at least 4 members (excludes halogenated alkanes) is 2. The molecule has 1 aliphatic heterocycles. The van der Waals surface area contributed by atoms with Gasteiger partial charge >= 0.3 is 5.97 Å². The molecule has 0 atom stereocenters. The molecule has 1 saturated heterocycles. The first-order valence-electron chi connectivity index (χ1n) is 7.34. The minimum atomic E-state index is -0.199. The smallest absolute Gasteiger partial charge is 0.305 e. The number of methoxy groups -OCH3 is 1. The van der Waals surface area contributed by atoms with Crippen molar-refractivity contribution in [3.63, 3.8) is 0 Å². The van der Waals surface area contributed by atoms with E-state index in [9.17, 15) is 9.59 Å². The Morgan fingerprint density at radius 2 is 2.26 bits per heavy atom. The molecule has 0 aromatic carbocycles. The van der Waals surface area contributed by atoms with Crippen LogP contribution in [0.1, 0.15) is 31.2 Å². The molecule has 0 spiro atoms. The molecule has 1 fully saturated rings. The Labute approximate surface area is 145 Å². The number of carbonyl (C=O) groups excluding carboxylic acids is 2. The predicted molar refractivity (Wildman–Crippen MR) is 94.6 cm³/mol. The number of thiocarbonyl (C=S) groups is 1. The average Bonchev–Trinajstić information content (AvgIpc) is 2.82. The third kappa shape index (κ3) is 5.14. The van der Waals surface area contributed by atoms with E-state index in [4.69, 9.17) is 12.2 Å². The molecule has 1 aromatic rings. The number of hydrogen-bond acceptors (Lipinski definition) is 6. The minimum absolute atomic E-state index is 0.0585. The molecule has 122 valence electrons. The van der Waals surface area contributed by atoms with E-state index < -0.39 is 0 Å². The quantitative estimate of drug-likeness (QED) is 0.326. The number of amides is 1. The van der Waals surface area contributed by atoms with Gasteiger partial charge in [0.15, 0.2) is 0 Å². The van der Waals surface area contributed by atoms with Crippen LogP contribution >= 0.6 is 24.0 Å². The van der Waals surface area contributed by atoms with Gasteiger partial charge in [0.2, 0.25) is 0 Å². The Balaban J connectivity index is 1.84. The molecule has 0 radical (unpaired) electrons. The summed E-state index contributed by atoms with van der Waals surface area (Å²) >= 11 is 6.60. The molecule has 2 heterocycles. The first kappa shape index (κ1) is 17.6. The molecule has 5 nitrogen and oxygen atoms in total. The van der Waals surface area contributed by atoms with E-state index in [1.54, 1.807) is 17.3 Å². The van der Waals surface area contributed by atoms with Crippen molar-refractivity contribution in [2.45, 2.75) is 25.7 Å². The summed E-state index contributed by atoms with van der Waals surface area (Å²) < 4.78 is 5.18. The minimum Gasteiger partial charge on any atom is -0.469 e. The molecular formula is C16H18N2O3S2. The zero-order valence-electron chi connectivity index (χ0n) is 12.9. The first-order chi connectivity index (χ1) is 11.1. The SMILES string of the molecule is COC(=O)CCCCCN1C(=O)/C(=C/c2cccnc2)SC1=S. The molecule has 0 unspecified atom stereocenters. The van der Waals surface area contributed by atoms with Crippen molar-refractivity contribution in [1.29, 1.82) is 0 Å². The van der Waals surface area contributed by atoms with Gasteiger partial charge in [-0.2, -0.15) is 0 Å². The first-order valence-corrected chi connectivity index (χ1v) is 8.56. The van der Waals surface area contributed by atoms with Crippen molar-refractivity contribution in [3.05, 3.63) is 35.0 Å². The fourth-order valence-electron chi connectivity index (χ4n) is 2.12. The number of pyridine rings is 1. The third-order valence-corrected chi connectivity index (χ3v) is 4.72. The highest BCUT2D eigenvalue weighted by atomic mass is 32.2. The summed E-state index contributed by atoms with van der Waals surface area (Å²) in [5.74, 6) is -0.258. The standard InChI is InChI=1S/C16H18N2O3S2/c1-21-14(19)7-3-2-4-9-18-15(20)13(23-16(18)22)10-12-6-5-8-17-11-12/h5-6,8,10-11H,2-4,7,9H2,1H3/b13-10-. The molecule has 0 N–H and O–H groups in total. The van der Waals surface area contributed by atoms with Crippen molar-refractivity contribution in [2.24, 2.45) is 0 Å². The number of aromatic nitrogens is 1. The van der Waals surface area contributed by atoms with Crippen LogP contribution in [-0.4, -0.2) is 39.7 Å². The average molecular weight is 350 g/mol. The summed E-state index contributed by atoms with van der Waals surface area (Å²) in [6.07, 6.45) is 8.04. The molecular weight excluding hydrogens is 332 g/mol. The predicted octanol–water partition coefficient (Wildman–Crippen LogP) is 3.02. The Kier molecular flexibility index (Phi) is 6.73. The fraction of sp³-hybridized carbons (Fsp3) is 0.375. The van der Waals surface area contributed by atoms with Gasteiger partial charge in [-0.1, -0.05) is 36.5 Å². The lowest BCUT2D eigenvalue weighted by molar-refractivity contribution is -0.140. The number of esters is 1. The van der Waals surface area contributed by atoms with E-state index in [-0.39, 0.29) is 11.9 Å². The van der Waals surface area contributed by atoms with Crippen molar-refractivity contribution >= 4 is 46.3 Å². The van der Waals surface area contributed by atoms with Gasteiger partial charge in [-0.05, 0) is 30.5 Å². The van der Waals surface area contributed by atoms with Gasteiger partial charge in [0.25, 0.3) is 5.91 Å². The van der Waals surface area contributed by atoms with Gasteiger partial charge in [-0.15, -0.1) is 0 Å². The molecule has 0 aliphatic carbocycles. The lowest BCUT2D eigenvalue weighted by atomic mass is 10.2. The monoisotopic (exact) mass is 350 g/mol. The van der Waals surface area contributed by atoms with E-state index >= 15 is 0 Å². The maximum absolute atomic E-state index is 12.4. The number of hydrogen-bond donors (Lipinski definition) is 0. The van der Waals surface area contributed by atoms with E-state index in [0.717, 1.165) is 24.8 Å². The summed E-state index contributed by atoms with van der Waals surface area (Å²) in [4.78, 5) is 29.7. The van der Waals surface area contributed by atoms with E-state index in [1.165, 1.54) is 18.9 Å². The number of thioether (sulfide) groups is 1. The maximum Gasteiger partial charge on any atom is 0.305 e. The van der Waals surface area contributed by atoms with Gasteiger partial charge in [-0.25, -0.2) is 0 Å². The second kappa shape index (κ2) is 8.79. The number of ether oxygens (including phenoxy) is 1. The summed E-state index contributed by atoms with van der Waals surface area (Å²) in [7, 11) is 1.39.